The molecule has 1 unspecified atom stereocenters. The minimum atomic E-state index is -0.406. The van der Waals surface area contributed by atoms with E-state index >= 15 is 0 Å². The van der Waals surface area contributed by atoms with Crippen LogP contribution in [0.3, 0.4) is 0 Å². The van der Waals surface area contributed by atoms with Crippen molar-refractivity contribution < 1.29 is 4.74 Å². The monoisotopic (exact) mass is 234 g/mol. The number of aromatic nitrogens is 3. The summed E-state index contributed by atoms with van der Waals surface area (Å²) in [7, 11) is 0. The zero-order chi connectivity index (χ0) is 12.1. The van der Waals surface area contributed by atoms with E-state index in [0.29, 0.717) is 13.0 Å². The molecule has 1 atom stereocenters. The molecule has 0 spiro atoms. The molecule has 2 rings (SSSR count). The van der Waals surface area contributed by atoms with Crippen LogP contribution in [0.25, 0.3) is 0 Å². The molecule has 5 nitrogen and oxygen atoms in total. The van der Waals surface area contributed by atoms with Crippen LogP contribution < -0.4 is 0 Å². The Hall–Kier alpha value is -1.41. The second kappa shape index (κ2) is 5.28. The number of nitrogens with zero attached hydrogens (tertiary/aromatic N) is 4. The second-order valence-corrected chi connectivity index (χ2v) is 4.62. The maximum absolute atomic E-state index is 9.37. The molecule has 0 N–H and O–H groups in total. The Balaban J connectivity index is 2.12. The number of ether oxygens (including phenoxy) is 1. The number of hydrogen-bond acceptors (Lipinski definition) is 4. The SMILES string of the molecule is CCCn1ncnc1CC1(C#N)CCCOC1. The molecule has 17 heavy (non-hydrogen) atoms. The number of hydrogen-bond donors (Lipinski definition) is 0. The molecular weight excluding hydrogens is 216 g/mol. The maximum Gasteiger partial charge on any atom is 0.138 e. The minimum absolute atomic E-state index is 0.406. The fourth-order valence-electron chi connectivity index (χ4n) is 2.25. The van der Waals surface area contributed by atoms with Crippen LogP contribution in [0.5, 0.6) is 0 Å². The summed E-state index contributed by atoms with van der Waals surface area (Å²) in [5.41, 5.74) is -0.406. The van der Waals surface area contributed by atoms with E-state index < -0.39 is 5.41 Å². The van der Waals surface area contributed by atoms with Crippen molar-refractivity contribution in [2.75, 3.05) is 13.2 Å². The standard InChI is InChI=1S/C12H18N4O/c1-2-5-16-11(14-10-15-16)7-12(8-13)4-3-6-17-9-12/h10H,2-7,9H2,1H3. The van der Waals surface area contributed by atoms with Crippen LogP contribution in [0.2, 0.25) is 0 Å². The fraction of sp³-hybridized carbons (Fsp3) is 0.750. The van der Waals surface area contributed by atoms with Crippen molar-refractivity contribution >= 4 is 0 Å². The molecule has 5 heteroatoms. The predicted molar refractivity (Wildman–Crippen MR) is 62.1 cm³/mol. The molecule has 0 aromatic carbocycles. The third kappa shape index (κ3) is 2.64. The summed E-state index contributed by atoms with van der Waals surface area (Å²) in [4.78, 5) is 4.27. The Labute approximate surface area is 101 Å². The van der Waals surface area contributed by atoms with Crippen LogP contribution in [0.1, 0.15) is 32.0 Å². The molecule has 1 saturated heterocycles. The topological polar surface area (TPSA) is 63.7 Å². The third-order valence-electron chi connectivity index (χ3n) is 3.19. The molecule has 0 saturated carbocycles. The highest BCUT2D eigenvalue weighted by molar-refractivity contribution is 5.06. The van der Waals surface area contributed by atoms with Crippen LogP contribution >= 0.6 is 0 Å². The van der Waals surface area contributed by atoms with E-state index in [1.165, 1.54) is 0 Å². The maximum atomic E-state index is 9.37. The second-order valence-electron chi connectivity index (χ2n) is 4.62. The van der Waals surface area contributed by atoms with Crippen LogP contribution in [0.15, 0.2) is 6.33 Å². The van der Waals surface area contributed by atoms with Crippen molar-refractivity contribution in [3.63, 3.8) is 0 Å². The molecule has 0 radical (unpaired) electrons. The van der Waals surface area contributed by atoms with Crippen LogP contribution in [-0.4, -0.2) is 28.0 Å². The fourth-order valence-corrected chi connectivity index (χ4v) is 2.25. The van der Waals surface area contributed by atoms with E-state index in [-0.39, 0.29) is 0 Å². The van der Waals surface area contributed by atoms with Gasteiger partial charge in [0.1, 0.15) is 12.2 Å². The Kier molecular flexibility index (Phi) is 3.75. The molecule has 1 aliphatic heterocycles. The van der Waals surface area contributed by atoms with Crippen molar-refractivity contribution in [3.05, 3.63) is 12.2 Å². The highest BCUT2D eigenvalue weighted by Gasteiger charge is 2.34. The molecular formula is C12H18N4O. The lowest BCUT2D eigenvalue weighted by atomic mass is 9.81. The lowest BCUT2D eigenvalue weighted by Gasteiger charge is -2.30. The van der Waals surface area contributed by atoms with Crippen molar-refractivity contribution in [2.24, 2.45) is 5.41 Å². The van der Waals surface area contributed by atoms with E-state index in [9.17, 15) is 5.26 Å². The van der Waals surface area contributed by atoms with Gasteiger partial charge in [-0.3, -0.25) is 4.68 Å². The zero-order valence-corrected chi connectivity index (χ0v) is 10.2. The molecule has 1 fully saturated rings. The lowest BCUT2D eigenvalue weighted by molar-refractivity contribution is 0.0210. The summed E-state index contributed by atoms with van der Waals surface area (Å²) < 4.78 is 7.34. The Morgan fingerprint density at radius 1 is 1.65 bits per heavy atom. The van der Waals surface area contributed by atoms with Crippen molar-refractivity contribution in [2.45, 2.75) is 39.2 Å². The predicted octanol–water partition coefficient (Wildman–Crippen LogP) is 1.55. The van der Waals surface area contributed by atoms with Gasteiger partial charge in [-0.25, -0.2) is 4.98 Å². The van der Waals surface area contributed by atoms with E-state index in [1.807, 2.05) is 4.68 Å². The van der Waals surface area contributed by atoms with Gasteiger partial charge in [0.05, 0.1) is 18.1 Å². The van der Waals surface area contributed by atoms with Gasteiger partial charge >= 0.3 is 0 Å². The van der Waals surface area contributed by atoms with Gasteiger partial charge in [0.2, 0.25) is 0 Å². The van der Waals surface area contributed by atoms with Crippen molar-refractivity contribution in [1.29, 1.82) is 5.26 Å². The molecule has 92 valence electrons. The first kappa shape index (κ1) is 12.1. The number of aryl methyl sites for hydroxylation is 1. The smallest absolute Gasteiger partial charge is 0.138 e. The average molecular weight is 234 g/mol. The molecule has 1 aromatic rings. The number of nitriles is 1. The molecule has 0 aliphatic carbocycles. The first-order chi connectivity index (χ1) is 8.29. The van der Waals surface area contributed by atoms with Gasteiger partial charge in [0, 0.05) is 19.6 Å². The molecule has 0 bridgehead atoms. The van der Waals surface area contributed by atoms with Gasteiger partial charge in [-0.15, -0.1) is 0 Å². The van der Waals surface area contributed by atoms with Crippen molar-refractivity contribution in [1.82, 2.24) is 14.8 Å². The average Bonchev–Trinajstić information content (AvgIpc) is 2.78. The van der Waals surface area contributed by atoms with E-state index in [0.717, 1.165) is 38.2 Å². The Morgan fingerprint density at radius 3 is 3.18 bits per heavy atom. The Bertz CT molecular complexity index is 401. The molecule has 1 aliphatic rings. The summed E-state index contributed by atoms with van der Waals surface area (Å²) in [5.74, 6) is 0.902. The molecule has 1 aromatic heterocycles. The highest BCUT2D eigenvalue weighted by atomic mass is 16.5. The van der Waals surface area contributed by atoms with Crippen molar-refractivity contribution in [3.8, 4) is 6.07 Å². The summed E-state index contributed by atoms with van der Waals surface area (Å²) in [6, 6.07) is 2.42. The highest BCUT2D eigenvalue weighted by Crippen LogP contribution is 2.31. The summed E-state index contributed by atoms with van der Waals surface area (Å²) >= 11 is 0. The van der Waals surface area contributed by atoms with E-state index in [4.69, 9.17) is 4.74 Å². The van der Waals surface area contributed by atoms with Gasteiger partial charge in [0.25, 0.3) is 0 Å². The van der Waals surface area contributed by atoms with E-state index in [2.05, 4.69) is 23.1 Å². The van der Waals surface area contributed by atoms with Crippen LogP contribution in [0, 0.1) is 16.7 Å². The first-order valence-corrected chi connectivity index (χ1v) is 6.15. The summed E-state index contributed by atoms with van der Waals surface area (Å²) in [6.07, 6.45) is 5.08. The van der Waals surface area contributed by atoms with Gasteiger partial charge < -0.3 is 4.74 Å². The van der Waals surface area contributed by atoms with E-state index in [1.54, 1.807) is 6.33 Å². The Morgan fingerprint density at radius 2 is 2.53 bits per heavy atom. The number of rotatable bonds is 4. The lowest BCUT2D eigenvalue weighted by Crippen LogP contribution is -2.33. The normalized spacial score (nSPS) is 24.5. The van der Waals surface area contributed by atoms with Crippen LogP contribution in [0.4, 0.5) is 0 Å². The molecule has 0 amide bonds. The quantitative estimate of drug-likeness (QED) is 0.793. The van der Waals surface area contributed by atoms with Crippen LogP contribution in [-0.2, 0) is 17.7 Å². The van der Waals surface area contributed by atoms with Gasteiger partial charge in [-0.05, 0) is 19.3 Å². The largest absolute Gasteiger partial charge is 0.380 e. The first-order valence-electron chi connectivity index (χ1n) is 6.15. The summed E-state index contributed by atoms with van der Waals surface area (Å²) in [6.45, 7) is 4.25. The molecule has 2 heterocycles. The summed E-state index contributed by atoms with van der Waals surface area (Å²) in [5, 5.41) is 13.6. The van der Waals surface area contributed by atoms with Gasteiger partial charge in [0.15, 0.2) is 0 Å². The zero-order valence-electron chi connectivity index (χ0n) is 10.2. The van der Waals surface area contributed by atoms with Gasteiger partial charge in [-0.2, -0.15) is 10.4 Å². The minimum Gasteiger partial charge on any atom is -0.380 e. The third-order valence-corrected chi connectivity index (χ3v) is 3.19. The van der Waals surface area contributed by atoms with Gasteiger partial charge in [-0.1, -0.05) is 6.92 Å².